The first kappa shape index (κ1) is 21.2. The maximum atomic E-state index is 13.3. The molecule has 0 unspecified atom stereocenters. The van der Waals surface area contributed by atoms with Crippen LogP contribution in [0.3, 0.4) is 0 Å². The fraction of sp³-hybridized carbons (Fsp3) is 0.120. The first-order chi connectivity index (χ1) is 15.9. The lowest BCUT2D eigenvalue weighted by Crippen LogP contribution is -2.24. The third kappa shape index (κ3) is 3.88. The third-order valence-electron chi connectivity index (χ3n) is 5.72. The number of rotatable bonds is 4. The minimum absolute atomic E-state index is 0.219. The van der Waals surface area contributed by atoms with Crippen LogP contribution in [-0.2, 0) is 6.54 Å². The average Bonchev–Trinajstić information content (AvgIpc) is 3.23. The third-order valence-corrected chi connectivity index (χ3v) is 7.04. The number of fused-ring (bicyclic) bond motifs is 2. The second-order valence-corrected chi connectivity index (χ2v) is 9.31. The Bertz CT molecular complexity index is 1630. The highest BCUT2D eigenvalue weighted by Crippen LogP contribution is 2.22. The Morgan fingerprint density at radius 1 is 1.12 bits per heavy atom. The summed E-state index contributed by atoms with van der Waals surface area (Å²) in [5.41, 5.74) is 4.49. The molecule has 6 nitrogen and oxygen atoms in total. The Morgan fingerprint density at radius 2 is 1.94 bits per heavy atom. The van der Waals surface area contributed by atoms with Gasteiger partial charge in [0, 0.05) is 5.56 Å². The Morgan fingerprint density at radius 3 is 2.76 bits per heavy atom. The predicted octanol–water partition coefficient (Wildman–Crippen LogP) is 5.20. The molecule has 0 saturated carbocycles. The van der Waals surface area contributed by atoms with E-state index in [9.17, 15) is 9.59 Å². The van der Waals surface area contributed by atoms with Gasteiger partial charge in [-0.3, -0.25) is 14.2 Å². The van der Waals surface area contributed by atoms with Crippen LogP contribution in [0.25, 0.3) is 26.8 Å². The smallest absolute Gasteiger partial charge is 0.266 e. The maximum Gasteiger partial charge on any atom is 0.266 e. The molecule has 0 bridgehead atoms. The maximum absolute atomic E-state index is 13.3. The zero-order chi connectivity index (χ0) is 23.1. The van der Waals surface area contributed by atoms with Gasteiger partial charge in [0.25, 0.3) is 11.5 Å². The highest BCUT2D eigenvalue weighted by molar-refractivity contribution is 7.71. The largest absolute Gasteiger partial charge is 0.346 e. The highest BCUT2D eigenvalue weighted by atomic mass is 32.1. The Kier molecular flexibility index (Phi) is 5.39. The van der Waals surface area contributed by atoms with E-state index < -0.39 is 0 Å². The van der Waals surface area contributed by atoms with Crippen molar-refractivity contribution in [1.29, 1.82) is 0 Å². The van der Waals surface area contributed by atoms with Crippen LogP contribution < -0.4 is 10.9 Å². The lowest BCUT2D eigenvalue weighted by molar-refractivity contribution is 0.0951. The Labute approximate surface area is 198 Å². The average molecular weight is 473 g/mol. The number of hydrogen-bond donors (Lipinski definition) is 2. The van der Waals surface area contributed by atoms with Crippen molar-refractivity contribution in [1.82, 2.24) is 19.9 Å². The number of carbonyl (C=O) groups excluding carboxylic acids is 1. The van der Waals surface area contributed by atoms with Crippen LogP contribution in [0.1, 0.15) is 26.5 Å². The van der Waals surface area contributed by atoms with Crippen molar-refractivity contribution < 1.29 is 4.79 Å². The number of H-pyrrole nitrogens is 1. The fourth-order valence-electron chi connectivity index (χ4n) is 3.81. The van der Waals surface area contributed by atoms with Gasteiger partial charge in [0.05, 0.1) is 33.4 Å². The predicted molar refractivity (Wildman–Crippen MR) is 135 cm³/mol. The van der Waals surface area contributed by atoms with Crippen LogP contribution in [0, 0.1) is 18.6 Å². The van der Waals surface area contributed by atoms with Crippen LogP contribution in [0.5, 0.6) is 0 Å². The van der Waals surface area contributed by atoms with Crippen molar-refractivity contribution in [2.75, 3.05) is 0 Å². The molecule has 5 aromatic rings. The van der Waals surface area contributed by atoms with E-state index in [1.165, 1.54) is 4.57 Å². The molecule has 0 saturated heterocycles. The van der Waals surface area contributed by atoms with Crippen molar-refractivity contribution in [3.8, 4) is 5.69 Å². The van der Waals surface area contributed by atoms with Gasteiger partial charge in [0.1, 0.15) is 5.01 Å². The SMILES string of the molecule is Cc1cccc(-n2c(=S)[nH]c3cc(C(=O)NCc4nc5ccccc5s4)ccc3c2=O)c1C. The number of benzene rings is 3. The second kappa shape index (κ2) is 8.38. The number of amides is 1. The summed E-state index contributed by atoms with van der Waals surface area (Å²) in [4.78, 5) is 33.7. The van der Waals surface area contributed by atoms with Gasteiger partial charge in [-0.2, -0.15) is 0 Å². The van der Waals surface area contributed by atoms with Crippen molar-refractivity contribution in [3.63, 3.8) is 0 Å². The highest BCUT2D eigenvalue weighted by Gasteiger charge is 2.13. The Hall–Kier alpha value is -3.62. The van der Waals surface area contributed by atoms with Crippen molar-refractivity contribution in [2.45, 2.75) is 20.4 Å². The quantitative estimate of drug-likeness (QED) is 0.352. The van der Waals surface area contributed by atoms with Crippen molar-refractivity contribution in [2.24, 2.45) is 0 Å². The summed E-state index contributed by atoms with van der Waals surface area (Å²) in [6.45, 7) is 4.30. The number of nitrogens with one attached hydrogen (secondary N) is 2. The van der Waals surface area contributed by atoms with Crippen LogP contribution >= 0.6 is 23.6 Å². The van der Waals surface area contributed by atoms with Crippen molar-refractivity contribution in [3.05, 3.63) is 97.5 Å². The van der Waals surface area contributed by atoms with Gasteiger partial charge in [-0.1, -0.05) is 24.3 Å². The molecule has 5 rings (SSSR count). The van der Waals surface area contributed by atoms with E-state index in [1.807, 2.05) is 56.3 Å². The summed E-state index contributed by atoms with van der Waals surface area (Å²) in [5, 5.41) is 4.21. The summed E-state index contributed by atoms with van der Waals surface area (Å²) in [6, 6.07) is 18.6. The lowest BCUT2D eigenvalue weighted by Gasteiger charge is -2.13. The molecule has 8 heteroatoms. The number of thiazole rings is 1. The van der Waals surface area contributed by atoms with Gasteiger partial charge in [-0.05, 0) is 73.6 Å². The molecule has 0 spiro atoms. The summed E-state index contributed by atoms with van der Waals surface area (Å²) in [5.74, 6) is -0.241. The van der Waals surface area contributed by atoms with E-state index in [4.69, 9.17) is 12.2 Å². The molecule has 0 aliphatic heterocycles. The molecule has 1 amide bonds. The number of hydrogen-bond acceptors (Lipinski definition) is 5. The summed E-state index contributed by atoms with van der Waals surface area (Å²) >= 11 is 7.06. The summed E-state index contributed by atoms with van der Waals surface area (Å²) in [6.07, 6.45) is 0. The molecule has 0 aliphatic carbocycles. The zero-order valence-electron chi connectivity index (χ0n) is 18.0. The van der Waals surface area contributed by atoms with Crippen molar-refractivity contribution >= 4 is 50.6 Å². The summed E-state index contributed by atoms with van der Waals surface area (Å²) < 4.78 is 2.88. The summed E-state index contributed by atoms with van der Waals surface area (Å²) in [7, 11) is 0. The molecule has 2 N–H and O–H groups in total. The van der Waals surface area contributed by atoms with Gasteiger partial charge in [0.2, 0.25) is 0 Å². The van der Waals surface area contributed by atoms with Gasteiger partial charge in [0.15, 0.2) is 4.77 Å². The minimum atomic E-state index is -0.241. The molecular weight excluding hydrogens is 452 g/mol. The first-order valence-corrected chi connectivity index (χ1v) is 11.6. The standard InChI is InChI=1S/C25H20N4O2S2/c1-14-6-5-8-20(15(14)2)29-24(31)17-11-10-16(12-19(17)28-25(29)32)23(30)26-13-22-27-18-7-3-4-9-21(18)33-22/h3-12H,13H2,1-2H3,(H,26,30)(H,28,32). The van der Waals surface area contributed by atoms with Gasteiger partial charge in [-0.15, -0.1) is 11.3 Å². The van der Waals surface area contributed by atoms with E-state index in [1.54, 1.807) is 29.5 Å². The van der Waals surface area contributed by atoms with E-state index in [2.05, 4.69) is 15.3 Å². The van der Waals surface area contributed by atoms with E-state index in [-0.39, 0.29) is 16.2 Å². The molecule has 3 aromatic carbocycles. The topological polar surface area (TPSA) is 79.8 Å². The monoisotopic (exact) mass is 472 g/mol. The first-order valence-electron chi connectivity index (χ1n) is 10.4. The van der Waals surface area contributed by atoms with Crippen LogP contribution in [0.15, 0.2) is 65.5 Å². The molecule has 0 radical (unpaired) electrons. The molecule has 164 valence electrons. The molecular formula is C25H20N4O2S2. The number of carbonyl (C=O) groups is 1. The van der Waals surface area contributed by atoms with E-state index in [0.717, 1.165) is 32.0 Å². The van der Waals surface area contributed by atoms with E-state index in [0.29, 0.717) is 23.0 Å². The molecule has 2 heterocycles. The number of nitrogens with zero attached hydrogens (tertiary/aromatic N) is 2. The molecule has 0 fully saturated rings. The van der Waals surface area contributed by atoms with Gasteiger partial charge >= 0.3 is 0 Å². The zero-order valence-corrected chi connectivity index (χ0v) is 19.6. The number of aryl methyl sites for hydroxylation is 1. The number of para-hydroxylation sites is 1. The Balaban J connectivity index is 1.45. The van der Waals surface area contributed by atoms with E-state index >= 15 is 0 Å². The molecule has 2 aromatic heterocycles. The van der Waals surface area contributed by atoms with Gasteiger partial charge in [-0.25, -0.2) is 4.98 Å². The lowest BCUT2D eigenvalue weighted by atomic mass is 10.1. The molecule has 33 heavy (non-hydrogen) atoms. The fourth-order valence-corrected chi connectivity index (χ4v) is 5.01. The number of aromatic amines is 1. The minimum Gasteiger partial charge on any atom is -0.346 e. The van der Waals surface area contributed by atoms with Gasteiger partial charge < -0.3 is 10.3 Å². The van der Waals surface area contributed by atoms with Crippen LogP contribution in [0.2, 0.25) is 0 Å². The number of aromatic nitrogens is 3. The molecule has 0 atom stereocenters. The van der Waals surface area contributed by atoms with Crippen LogP contribution in [-0.4, -0.2) is 20.4 Å². The second-order valence-electron chi connectivity index (χ2n) is 7.81. The molecule has 0 aliphatic rings. The van der Waals surface area contributed by atoms with Crippen LogP contribution in [0.4, 0.5) is 0 Å². The normalized spacial score (nSPS) is 11.2.